The summed E-state index contributed by atoms with van der Waals surface area (Å²) in [5.41, 5.74) is 2.58. The summed E-state index contributed by atoms with van der Waals surface area (Å²) in [6, 6.07) is 8.33. The number of carbonyl (C=O) groups excluding carboxylic acids is 1. The van der Waals surface area contributed by atoms with Crippen molar-refractivity contribution in [3.63, 3.8) is 0 Å². The molecule has 0 aliphatic carbocycles. The van der Waals surface area contributed by atoms with Gasteiger partial charge in [-0.15, -0.1) is 0 Å². The Bertz CT molecular complexity index is 659. The molecule has 2 aliphatic rings. The lowest BCUT2D eigenvalue weighted by molar-refractivity contribution is -0.130. The highest BCUT2D eigenvalue weighted by atomic mass is 16.5. The van der Waals surface area contributed by atoms with Crippen molar-refractivity contribution in [1.82, 2.24) is 15.5 Å². The highest BCUT2D eigenvalue weighted by molar-refractivity contribution is 5.85. The van der Waals surface area contributed by atoms with Crippen molar-refractivity contribution in [2.45, 2.75) is 38.8 Å². The zero-order valence-electron chi connectivity index (χ0n) is 16.8. The molecular weight excluding hydrogens is 356 g/mol. The molecule has 3 rings (SSSR count). The lowest BCUT2D eigenvalue weighted by Crippen LogP contribution is -2.41. The van der Waals surface area contributed by atoms with Gasteiger partial charge in [0.15, 0.2) is 5.96 Å². The molecule has 2 heterocycles. The van der Waals surface area contributed by atoms with E-state index >= 15 is 0 Å². The van der Waals surface area contributed by atoms with Gasteiger partial charge < -0.3 is 25.0 Å². The second kappa shape index (κ2) is 11.0. The van der Waals surface area contributed by atoms with E-state index in [2.05, 4.69) is 33.8 Å². The zero-order chi connectivity index (χ0) is 19.6. The molecule has 2 N–H and O–H groups in total. The fourth-order valence-corrected chi connectivity index (χ4v) is 3.47. The van der Waals surface area contributed by atoms with Crippen molar-refractivity contribution in [3.8, 4) is 0 Å². The summed E-state index contributed by atoms with van der Waals surface area (Å²) < 4.78 is 11.1. The quantitative estimate of drug-likeness (QED) is 0.399. The van der Waals surface area contributed by atoms with E-state index in [1.54, 1.807) is 0 Å². The van der Waals surface area contributed by atoms with E-state index in [1.807, 2.05) is 17.9 Å². The molecule has 1 amide bonds. The maximum Gasteiger partial charge on any atom is 0.244 e. The Morgan fingerprint density at radius 3 is 2.96 bits per heavy atom. The van der Waals surface area contributed by atoms with Crippen molar-refractivity contribution < 1.29 is 14.3 Å². The predicted molar refractivity (Wildman–Crippen MR) is 109 cm³/mol. The first-order valence-electron chi connectivity index (χ1n) is 10.3. The molecule has 28 heavy (non-hydrogen) atoms. The number of rotatable bonds is 8. The van der Waals surface area contributed by atoms with Crippen LogP contribution in [0.1, 0.15) is 30.9 Å². The SMILES string of the molecule is CCNC(=NCC(=O)N1CCc2ccccc2C1)NCCCOC1CCOC1. The lowest BCUT2D eigenvalue weighted by Gasteiger charge is -2.28. The normalized spacial score (nSPS) is 19.4. The number of guanidine groups is 1. The molecule has 1 aromatic carbocycles. The summed E-state index contributed by atoms with van der Waals surface area (Å²) in [7, 11) is 0. The minimum absolute atomic E-state index is 0.0660. The third-order valence-electron chi connectivity index (χ3n) is 5.06. The van der Waals surface area contributed by atoms with Crippen molar-refractivity contribution in [1.29, 1.82) is 0 Å². The van der Waals surface area contributed by atoms with Crippen molar-refractivity contribution in [2.75, 3.05) is 46.0 Å². The summed E-state index contributed by atoms with van der Waals surface area (Å²) >= 11 is 0. The average molecular weight is 389 g/mol. The molecule has 2 aliphatic heterocycles. The molecule has 7 heteroatoms. The maximum absolute atomic E-state index is 12.6. The molecule has 0 radical (unpaired) electrons. The van der Waals surface area contributed by atoms with Crippen LogP contribution in [0, 0.1) is 0 Å². The van der Waals surface area contributed by atoms with Crippen molar-refractivity contribution in [2.24, 2.45) is 4.99 Å². The van der Waals surface area contributed by atoms with Gasteiger partial charge in [-0.25, -0.2) is 4.99 Å². The van der Waals surface area contributed by atoms with E-state index in [1.165, 1.54) is 11.1 Å². The van der Waals surface area contributed by atoms with E-state index in [-0.39, 0.29) is 18.6 Å². The Morgan fingerprint density at radius 1 is 1.32 bits per heavy atom. The second-order valence-corrected chi connectivity index (χ2v) is 7.17. The van der Waals surface area contributed by atoms with Gasteiger partial charge in [-0.05, 0) is 37.3 Å². The topological polar surface area (TPSA) is 75.2 Å². The molecule has 0 aromatic heterocycles. The van der Waals surface area contributed by atoms with E-state index in [4.69, 9.17) is 9.47 Å². The molecular formula is C21H32N4O3. The Kier molecular flexibility index (Phi) is 8.11. The first kappa shape index (κ1) is 20.6. The fraction of sp³-hybridized carbons (Fsp3) is 0.619. The Hall–Kier alpha value is -2.12. The van der Waals surface area contributed by atoms with Gasteiger partial charge in [-0.3, -0.25) is 4.79 Å². The monoisotopic (exact) mass is 388 g/mol. The predicted octanol–water partition coefficient (Wildman–Crippen LogP) is 1.32. The first-order chi connectivity index (χ1) is 13.8. The third kappa shape index (κ3) is 6.21. The second-order valence-electron chi connectivity index (χ2n) is 7.17. The largest absolute Gasteiger partial charge is 0.379 e. The Morgan fingerprint density at radius 2 is 2.18 bits per heavy atom. The van der Waals surface area contributed by atoms with Crippen molar-refractivity contribution >= 4 is 11.9 Å². The first-order valence-corrected chi connectivity index (χ1v) is 10.3. The number of amides is 1. The van der Waals surface area contributed by atoms with Crippen LogP contribution in [0.3, 0.4) is 0 Å². The third-order valence-corrected chi connectivity index (χ3v) is 5.06. The van der Waals surface area contributed by atoms with Gasteiger partial charge in [0, 0.05) is 39.4 Å². The fourth-order valence-electron chi connectivity index (χ4n) is 3.47. The number of nitrogens with one attached hydrogen (secondary N) is 2. The summed E-state index contributed by atoms with van der Waals surface area (Å²) in [6.07, 6.45) is 3.03. The molecule has 1 unspecified atom stereocenters. The summed E-state index contributed by atoms with van der Waals surface area (Å²) in [6.45, 7) is 7.34. The van der Waals surface area contributed by atoms with E-state index < -0.39 is 0 Å². The Balaban J connectivity index is 1.40. The summed E-state index contributed by atoms with van der Waals surface area (Å²) in [5, 5.41) is 6.47. The Labute approximate surface area is 167 Å². The van der Waals surface area contributed by atoms with Gasteiger partial charge in [0.25, 0.3) is 0 Å². The molecule has 1 aromatic rings. The van der Waals surface area contributed by atoms with Gasteiger partial charge in [0.1, 0.15) is 6.54 Å². The number of hydrogen-bond donors (Lipinski definition) is 2. The number of carbonyl (C=O) groups is 1. The number of ether oxygens (including phenoxy) is 2. The van der Waals surface area contributed by atoms with Crippen LogP contribution in [-0.2, 0) is 27.2 Å². The van der Waals surface area contributed by atoms with Gasteiger partial charge in [-0.1, -0.05) is 24.3 Å². The zero-order valence-corrected chi connectivity index (χ0v) is 16.8. The van der Waals surface area contributed by atoms with Crippen LogP contribution in [-0.4, -0.2) is 68.9 Å². The molecule has 1 saturated heterocycles. The van der Waals surface area contributed by atoms with E-state index in [0.29, 0.717) is 25.7 Å². The van der Waals surface area contributed by atoms with Gasteiger partial charge >= 0.3 is 0 Å². The molecule has 0 saturated carbocycles. The van der Waals surface area contributed by atoms with Crippen LogP contribution in [0.5, 0.6) is 0 Å². The standard InChI is InChI=1S/C21H32N4O3/c1-2-22-21(23-10-5-12-28-19-9-13-27-16-19)24-14-20(26)25-11-8-17-6-3-4-7-18(17)15-25/h3-4,6-7,19H,2,5,8-16H2,1H3,(H2,22,23,24). The molecule has 0 spiro atoms. The number of nitrogens with zero attached hydrogens (tertiary/aromatic N) is 2. The summed E-state index contributed by atoms with van der Waals surface area (Å²) in [4.78, 5) is 18.9. The number of hydrogen-bond acceptors (Lipinski definition) is 4. The highest BCUT2D eigenvalue weighted by Crippen LogP contribution is 2.18. The molecule has 0 bridgehead atoms. The van der Waals surface area contributed by atoms with Gasteiger partial charge in [0.2, 0.25) is 5.91 Å². The molecule has 154 valence electrons. The van der Waals surface area contributed by atoms with Gasteiger partial charge in [0.05, 0.1) is 12.7 Å². The van der Waals surface area contributed by atoms with Crippen molar-refractivity contribution in [3.05, 3.63) is 35.4 Å². The van der Waals surface area contributed by atoms with Crippen LogP contribution in [0.15, 0.2) is 29.3 Å². The number of aliphatic imine (C=N–C) groups is 1. The smallest absolute Gasteiger partial charge is 0.244 e. The van der Waals surface area contributed by atoms with E-state index in [9.17, 15) is 4.79 Å². The molecule has 7 nitrogen and oxygen atoms in total. The van der Waals surface area contributed by atoms with E-state index in [0.717, 1.165) is 45.5 Å². The average Bonchev–Trinajstić information content (AvgIpc) is 3.24. The van der Waals surface area contributed by atoms with Crippen LogP contribution in [0.4, 0.5) is 0 Å². The van der Waals surface area contributed by atoms with Gasteiger partial charge in [-0.2, -0.15) is 0 Å². The van der Waals surface area contributed by atoms with Crippen LogP contribution >= 0.6 is 0 Å². The molecule has 1 atom stereocenters. The molecule has 1 fully saturated rings. The van der Waals surface area contributed by atoms with Crippen LogP contribution < -0.4 is 10.6 Å². The van der Waals surface area contributed by atoms with Crippen LogP contribution in [0.25, 0.3) is 0 Å². The lowest BCUT2D eigenvalue weighted by atomic mass is 10.00. The number of benzene rings is 1. The highest BCUT2D eigenvalue weighted by Gasteiger charge is 2.20. The van der Waals surface area contributed by atoms with Crippen LogP contribution in [0.2, 0.25) is 0 Å². The maximum atomic E-state index is 12.6. The summed E-state index contributed by atoms with van der Waals surface area (Å²) in [5.74, 6) is 0.744. The minimum Gasteiger partial charge on any atom is -0.379 e. The minimum atomic E-state index is 0.0660. The number of fused-ring (bicyclic) bond motifs is 1.